The van der Waals surface area contributed by atoms with E-state index in [1.54, 1.807) is 0 Å². The topological polar surface area (TPSA) is 105 Å². The summed E-state index contributed by atoms with van der Waals surface area (Å²) >= 11 is 0. The molecule has 10 nitrogen and oxygen atoms in total. The van der Waals surface area contributed by atoms with Gasteiger partial charge in [-0.3, -0.25) is 18.5 Å². The molecule has 0 atom stereocenters. The summed E-state index contributed by atoms with van der Waals surface area (Å²) in [6.07, 6.45) is 0. The lowest BCUT2D eigenvalue weighted by Crippen LogP contribution is -2.38. The van der Waals surface area contributed by atoms with Crippen LogP contribution in [0.25, 0.3) is 11.2 Å². The predicted octanol–water partition coefficient (Wildman–Crippen LogP) is 1.47. The Morgan fingerprint density at radius 1 is 1.06 bits per heavy atom. The Morgan fingerprint density at radius 3 is 2.45 bits per heavy atom. The summed E-state index contributed by atoms with van der Waals surface area (Å²) in [5, 5.41) is 4.07. The molecule has 0 amide bonds. The van der Waals surface area contributed by atoms with E-state index in [1.807, 2.05) is 0 Å². The largest absolute Gasteiger partial charge is 0.435 e. The standard InChI is InChI=1S/C17H14F4N6O4/c1-25-12-11(13(28)26(2)17(25)29)27-6-9(23-24-16(27)22-12)8-4-3-7(30-14(18)19)5-10(8)31-15(20)21/h3-5,14-15H,6H2,1-2H3,(H,22,24). The van der Waals surface area contributed by atoms with Gasteiger partial charge in [0.2, 0.25) is 5.95 Å². The van der Waals surface area contributed by atoms with Crippen molar-refractivity contribution in [2.75, 3.05) is 5.43 Å². The number of imidazole rings is 1. The van der Waals surface area contributed by atoms with Crippen LogP contribution in [0, 0.1) is 0 Å². The van der Waals surface area contributed by atoms with Crippen LogP contribution < -0.4 is 26.1 Å². The third-order valence-corrected chi connectivity index (χ3v) is 4.65. The molecule has 1 aliphatic heterocycles. The Hall–Kier alpha value is -3.84. The molecule has 3 heterocycles. The first-order valence-corrected chi connectivity index (χ1v) is 8.70. The molecule has 4 rings (SSSR count). The molecule has 14 heteroatoms. The summed E-state index contributed by atoms with van der Waals surface area (Å²) in [5.41, 5.74) is 1.84. The first kappa shape index (κ1) is 20.4. The number of halogens is 4. The maximum atomic E-state index is 12.9. The summed E-state index contributed by atoms with van der Waals surface area (Å²) in [6, 6.07) is 3.26. The van der Waals surface area contributed by atoms with Crippen molar-refractivity contribution in [3.63, 3.8) is 0 Å². The predicted molar refractivity (Wildman–Crippen MR) is 100 cm³/mol. The molecule has 31 heavy (non-hydrogen) atoms. The van der Waals surface area contributed by atoms with E-state index in [9.17, 15) is 27.2 Å². The second-order valence-corrected chi connectivity index (χ2v) is 6.48. The van der Waals surface area contributed by atoms with Gasteiger partial charge in [-0.25, -0.2) is 10.2 Å². The molecule has 1 N–H and O–H groups in total. The summed E-state index contributed by atoms with van der Waals surface area (Å²) in [7, 11) is 2.76. The van der Waals surface area contributed by atoms with Gasteiger partial charge in [0.05, 0.1) is 12.3 Å². The highest BCUT2D eigenvalue weighted by molar-refractivity contribution is 6.04. The number of hydrogen-bond acceptors (Lipinski definition) is 7. The lowest BCUT2D eigenvalue weighted by Gasteiger charge is -2.19. The van der Waals surface area contributed by atoms with Gasteiger partial charge in [-0.15, -0.1) is 0 Å². The van der Waals surface area contributed by atoms with Crippen LogP contribution in [-0.2, 0) is 20.6 Å². The van der Waals surface area contributed by atoms with Crippen LogP contribution in [-0.4, -0.2) is 37.6 Å². The maximum Gasteiger partial charge on any atom is 0.387 e. The van der Waals surface area contributed by atoms with Gasteiger partial charge in [0.1, 0.15) is 11.5 Å². The number of hydrogen-bond donors (Lipinski definition) is 1. The van der Waals surface area contributed by atoms with E-state index in [2.05, 4.69) is 25.0 Å². The second kappa shape index (κ2) is 7.45. The minimum atomic E-state index is -3.23. The number of rotatable bonds is 5. The van der Waals surface area contributed by atoms with Crippen LogP contribution in [0.1, 0.15) is 5.56 Å². The van der Waals surface area contributed by atoms with Crippen molar-refractivity contribution in [3.8, 4) is 11.5 Å². The minimum Gasteiger partial charge on any atom is -0.435 e. The number of hydrazone groups is 1. The fraction of sp³-hybridized carbons (Fsp3) is 0.294. The van der Waals surface area contributed by atoms with Crippen LogP contribution in [0.2, 0.25) is 0 Å². The van der Waals surface area contributed by atoms with E-state index >= 15 is 0 Å². The number of benzene rings is 1. The minimum absolute atomic E-state index is 0.0589. The SMILES string of the molecule is Cn1c(=O)c2c(nc3n2CC(c2ccc(OC(F)F)cc2OC(F)F)=NN3)n(C)c1=O. The van der Waals surface area contributed by atoms with Crippen molar-refractivity contribution in [2.24, 2.45) is 19.2 Å². The highest BCUT2D eigenvalue weighted by Crippen LogP contribution is 2.30. The average molecular weight is 442 g/mol. The van der Waals surface area contributed by atoms with E-state index in [-0.39, 0.29) is 40.7 Å². The number of ether oxygens (including phenoxy) is 2. The van der Waals surface area contributed by atoms with Gasteiger partial charge in [0.25, 0.3) is 5.56 Å². The van der Waals surface area contributed by atoms with Gasteiger partial charge in [-0.05, 0) is 12.1 Å². The summed E-state index contributed by atoms with van der Waals surface area (Å²) in [5.74, 6) is -0.663. The highest BCUT2D eigenvalue weighted by Gasteiger charge is 2.25. The molecule has 0 bridgehead atoms. The summed E-state index contributed by atoms with van der Waals surface area (Å²) < 4.78 is 62.9. The van der Waals surface area contributed by atoms with Crippen LogP contribution in [0.15, 0.2) is 32.9 Å². The zero-order valence-corrected chi connectivity index (χ0v) is 16.0. The normalized spacial score (nSPS) is 13.4. The van der Waals surface area contributed by atoms with Crippen LogP contribution in [0.3, 0.4) is 0 Å². The molecule has 0 unspecified atom stereocenters. The number of alkyl halides is 4. The molecule has 0 saturated heterocycles. The lowest BCUT2D eigenvalue weighted by molar-refractivity contribution is -0.0543. The number of aryl methyl sites for hydroxylation is 1. The number of nitrogens with zero attached hydrogens (tertiary/aromatic N) is 5. The van der Waals surface area contributed by atoms with Gasteiger partial charge in [-0.1, -0.05) is 0 Å². The smallest absolute Gasteiger partial charge is 0.387 e. The zero-order chi connectivity index (χ0) is 22.4. The molecule has 0 spiro atoms. The van der Waals surface area contributed by atoms with Crippen LogP contribution in [0.4, 0.5) is 23.5 Å². The first-order chi connectivity index (χ1) is 14.7. The monoisotopic (exact) mass is 442 g/mol. The Morgan fingerprint density at radius 2 is 1.77 bits per heavy atom. The fourth-order valence-electron chi connectivity index (χ4n) is 3.24. The Bertz CT molecular complexity index is 1330. The summed E-state index contributed by atoms with van der Waals surface area (Å²) in [4.78, 5) is 29.0. The van der Waals surface area contributed by atoms with Gasteiger partial charge < -0.3 is 9.47 Å². The highest BCUT2D eigenvalue weighted by atomic mass is 19.3. The molecule has 0 aliphatic carbocycles. The summed E-state index contributed by atoms with van der Waals surface area (Å²) in [6.45, 7) is -6.48. The Balaban J connectivity index is 1.80. The van der Waals surface area contributed by atoms with E-state index in [1.165, 1.54) is 29.3 Å². The van der Waals surface area contributed by atoms with Crippen molar-refractivity contribution in [1.82, 2.24) is 18.7 Å². The zero-order valence-electron chi connectivity index (χ0n) is 16.0. The van der Waals surface area contributed by atoms with Crippen LogP contribution >= 0.6 is 0 Å². The molecule has 3 aromatic rings. The van der Waals surface area contributed by atoms with Crippen molar-refractivity contribution < 1.29 is 27.0 Å². The average Bonchev–Trinajstić information content (AvgIpc) is 3.09. The molecule has 164 valence electrons. The molecule has 0 saturated carbocycles. The third kappa shape index (κ3) is 3.49. The Kier molecular flexibility index (Phi) is 4.91. The number of nitrogens with one attached hydrogen (secondary N) is 1. The van der Waals surface area contributed by atoms with Gasteiger partial charge >= 0.3 is 18.9 Å². The number of anilines is 1. The number of fused-ring (bicyclic) bond motifs is 3. The molecule has 0 fully saturated rings. The van der Waals surface area contributed by atoms with Crippen molar-refractivity contribution in [1.29, 1.82) is 0 Å². The van der Waals surface area contributed by atoms with Crippen LogP contribution in [0.5, 0.6) is 11.5 Å². The molecular weight excluding hydrogens is 428 g/mol. The molecular formula is C17H14F4N6O4. The van der Waals surface area contributed by atoms with Crippen molar-refractivity contribution in [3.05, 3.63) is 44.6 Å². The van der Waals surface area contributed by atoms with Crippen molar-refractivity contribution >= 4 is 22.8 Å². The van der Waals surface area contributed by atoms with Gasteiger partial charge in [0.15, 0.2) is 11.2 Å². The van der Waals surface area contributed by atoms with Gasteiger partial charge in [0, 0.05) is 25.7 Å². The maximum absolute atomic E-state index is 12.9. The van der Waals surface area contributed by atoms with Gasteiger partial charge in [-0.2, -0.15) is 27.6 Å². The lowest BCUT2D eigenvalue weighted by atomic mass is 10.1. The first-order valence-electron chi connectivity index (χ1n) is 8.70. The molecule has 0 radical (unpaired) electrons. The van der Waals surface area contributed by atoms with E-state index < -0.39 is 30.2 Å². The fourth-order valence-corrected chi connectivity index (χ4v) is 3.24. The molecule has 1 aromatic carbocycles. The molecule has 1 aliphatic rings. The Labute approximate surface area is 169 Å². The van der Waals surface area contributed by atoms with E-state index in [0.717, 1.165) is 16.7 Å². The van der Waals surface area contributed by atoms with Crippen molar-refractivity contribution in [2.45, 2.75) is 19.8 Å². The quantitative estimate of drug-likeness (QED) is 0.600. The number of aromatic nitrogens is 4. The van der Waals surface area contributed by atoms with E-state index in [4.69, 9.17) is 0 Å². The second-order valence-electron chi connectivity index (χ2n) is 6.48. The van der Waals surface area contributed by atoms with E-state index in [0.29, 0.717) is 0 Å². The third-order valence-electron chi connectivity index (χ3n) is 4.65. The molecule has 2 aromatic heterocycles.